The fourth-order valence-corrected chi connectivity index (χ4v) is 17.2. The van der Waals surface area contributed by atoms with E-state index in [0.29, 0.717) is 46.8 Å². The van der Waals surface area contributed by atoms with Gasteiger partial charge in [0.05, 0.1) is 90.0 Å². The van der Waals surface area contributed by atoms with E-state index in [0.717, 1.165) is 93.9 Å². The van der Waals surface area contributed by atoms with Crippen molar-refractivity contribution >= 4 is 64.7 Å². The van der Waals surface area contributed by atoms with E-state index in [1.54, 1.807) is 13.8 Å². The third-order valence-electron chi connectivity index (χ3n) is 19.0. The Hall–Kier alpha value is -7.89. The molecule has 25 nitrogen and oxygen atoms in total. The van der Waals surface area contributed by atoms with Gasteiger partial charge in [0.2, 0.25) is 0 Å². The molecular weight excluding hydrogens is 1350 g/mol. The zero-order valence-corrected chi connectivity index (χ0v) is 55.2. The minimum atomic E-state index is -3.99. The summed E-state index contributed by atoms with van der Waals surface area (Å²) < 4.78 is 147. The Labute approximate surface area is 554 Å². The number of ether oxygens (including phenoxy) is 6. The summed E-state index contributed by atoms with van der Waals surface area (Å²) in [6.07, 6.45) is 7.66. The molecule has 4 saturated heterocycles. The second kappa shape index (κ2) is 25.8. The summed E-state index contributed by atoms with van der Waals surface area (Å²) in [7, 11) is -3.99. The van der Waals surface area contributed by atoms with Crippen molar-refractivity contribution in [2.24, 2.45) is 0 Å². The number of aryl methyl sites for hydroxylation is 2. The van der Waals surface area contributed by atoms with Crippen LogP contribution in [0.1, 0.15) is 132 Å². The summed E-state index contributed by atoms with van der Waals surface area (Å²) in [6.45, 7) is 0.401. The first-order valence-electron chi connectivity index (χ1n) is 31.5. The van der Waals surface area contributed by atoms with E-state index in [1.165, 1.54) is 64.3 Å². The lowest BCUT2D eigenvalue weighted by molar-refractivity contribution is -0.142. The zero-order chi connectivity index (χ0) is 68.9. The van der Waals surface area contributed by atoms with Crippen molar-refractivity contribution in [2.45, 2.75) is 203 Å². The van der Waals surface area contributed by atoms with E-state index in [9.17, 15) is 68.6 Å². The molecule has 2 aromatic carbocycles. The molecule has 97 heavy (non-hydrogen) atoms. The number of Topliss-reactive ketones (excluding diaryl/α,β-unsaturated/α-hetero) is 1. The minimum Gasteiger partial charge on any atom is -0.479 e. The van der Waals surface area contributed by atoms with Gasteiger partial charge in [0.1, 0.15) is 71.8 Å². The lowest BCUT2D eigenvalue weighted by atomic mass is 10.0. The molecule has 4 bridgehead atoms. The van der Waals surface area contributed by atoms with Crippen LogP contribution in [0.15, 0.2) is 80.4 Å². The number of carboxylic acids is 1. The van der Waals surface area contributed by atoms with Crippen molar-refractivity contribution in [1.82, 2.24) is 48.3 Å². The lowest BCUT2D eigenvalue weighted by Gasteiger charge is -2.32. The van der Waals surface area contributed by atoms with Crippen LogP contribution in [0.2, 0.25) is 0 Å². The quantitative estimate of drug-likeness (QED) is 0.0622. The van der Waals surface area contributed by atoms with E-state index in [2.05, 4.69) is 20.4 Å². The summed E-state index contributed by atoms with van der Waals surface area (Å²) >= 11 is 2.05. The summed E-state index contributed by atoms with van der Waals surface area (Å²) in [5.74, 6) is -5.20. The number of benzene rings is 2. The molecule has 34 heteroatoms. The number of nitrogens with zero attached hydrogens (tertiary/aromatic N) is 10. The Kier molecular flexibility index (Phi) is 18.0. The number of fused-ring (bicyclic) bond motifs is 6. The second-order valence-electron chi connectivity index (χ2n) is 26.3. The van der Waals surface area contributed by atoms with Crippen LogP contribution < -0.4 is 32.0 Å². The molecule has 14 rings (SSSR count). The smallest absolute Gasteiger partial charge is 0.387 e. The number of aromatic nitrogens is 10. The molecule has 0 radical (unpaired) electrons. The van der Waals surface area contributed by atoms with Crippen LogP contribution in [0, 0.1) is 25.5 Å². The van der Waals surface area contributed by atoms with Crippen LogP contribution in [0.3, 0.4) is 0 Å². The van der Waals surface area contributed by atoms with Gasteiger partial charge in [-0.2, -0.15) is 38.0 Å². The number of sulfone groups is 1. The lowest BCUT2D eigenvalue weighted by Crippen LogP contribution is -2.51. The van der Waals surface area contributed by atoms with Crippen LogP contribution in [-0.4, -0.2) is 134 Å². The molecule has 4 aliphatic heterocycles. The van der Waals surface area contributed by atoms with Gasteiger partial charge in [-0.3, -0.25) is 23.5 Å². The fourth-order valence-electron chi connectivity index (χ4n) is 13.7. The van der Waals surface area contributed by atoms with Gasteiger partial charge in [-0.25, -0.2) is 40.7 Å². The van der Waals surface area contributed by atoms with Crippen LogP contribution >= 0.6 is 22.7 Å². The number of aliphatic carboxylic acids is 1. The van der Waals surface area contributed by atoms with E-state index < -0.39 is 121 Å². The third kappa shape index (κ3) is 12.8. The van der Waals surface area contributed by atoms with Crippen molar-refractivity contribution in [3.05, 3.63) is 137 Å². The maximum absolute atomic E-state index is 14.9. The highest BCUT2D eigenvalue weighted by Crippen LogP contribution is 2.47. The SMILES string of the molecule is Cc1c(-n2nccn2)sc2c1c(=O)n(C1(C(=O)CS(=O)(=O)C(C)(C)C)CC1)c(=O)n2C[C@H](OC1C[C@H]2CC[C@@H](C1)O2)c1cc(F)ccc1OC(F)F.Cc1c(-n2nccn2)sc2c1c(=O)n(C1(C(=O)O)CC1)c(=O)n2C[C@H](OC1C[C@H]2CC[C@@H](C1)O2)c1cc(F)ccc1OC(F)F. The predicted octanol–water partition coefficient (Wildman–Crippen LogP) is 8.49. The molecule has 10 heterocycles. The first-order valence-corrected chi connectivity index (χ1v) is 34.7. The summed E-state index contributed by atoms with van der Waals surface area (Å²) in [5.41, 5.74) is -6.24. The average Bonchev–Trinajstić information content (AvgIpc) is 1.57. The molecule has 2 unspecified atom stereocenters. The predicted molar refractivity (Wildman–Crippen MR) is 336 cm³/mol. The highest BCUT2D eigenvalue weighted by molar-refractivity contribution is 7.93. The van der Waals surface area contributed by atoms with Crippen LogP contribution in [0.4, 0.5) is 26.3 Å². The molecule has 8 atom stereocenters. The largest absolute Gasteiger partial charge is 0.479 e. The summed E-state index contributed by atoms with van der Waals surface area (Å²) in [5, 5.41) is 27.7. The molecule has 6 aliphatic rings. The summed E-state index contributed by atoms with van der Waals surface area (Å²) in [6, 6.07) is 6.11. The van der Waals surface area contributed by atoms with Gasteiger partial charge in [-0.05, 0) is 148 Å². The van der Waals surface area contributed by atoms with Crippen molar-refractivity contribution in [3.8, 4) is 21.5 Å². The van der Waals surface area contributed by atoms with Gasteiger partial charge in [0, 0.05) is 22.3 Å². The van der Waals surface area contributed by atoms with Crippen molar-refractivity contribution in [2.75, 3.05) is 5.75 Å². The Bertz CT molecular complexity index is 4730. The fraction of sp³-hybridized carbons (Fsp3) is 0.524. The first kappa shape index (κ1) is 67.7. The van der Waals surface area contributed by atoms with Gasteiger partial charge in [-0.1, -0.05) is 22.7 Å². The number of carboxylic acid groups (broad SMARTS) is 1. The number of carbonyl (C=O) groups is 2. The van der Waals surface area contributed by atoms with Crippen LogP contribution in [-0.2, 0) is 62.5 Å². The number of carbonyl (C=O) groups excluding carboxylic acids is 1. The Balaban J connectivity index is 0.000000177. The normalized spacial score (nSPS) is 22.2. The topological polar surface area (TPSA) is 293 Å². The number of alkyl halides is 4. The van der Waals surface area contributed by atoms with Gasteiger partial charge in [0.15, 0.2) is 15.6 Å². The summed E-state index contributed by atoms with van der Waals surface area (Å²) in [4.78, 5) is 86.5. The number of ketones is 1. The van der Waals surface area contributed by atoms with Crippen molar-refractivity contribution in [3.63, 3.8) is 0 Å². The van der Waals surface area contributed by atoms with Crippen molar-refractivity contribution < 1.29 is 77.9 Å². The number of thiophene rings is 2. The standard InChI is InChI=1S/C34H38F3N5O8S2.C29H28F3N5O7S/c1-18-27-28(44)41(34(9-10-34)26(43)17-52(46,47)33(2,3)4)32(45)40(30(27)51-29(18)42-38-11-12-39-42)16-25(49-22-14-20-6-7-21(15-22)48-20)23-13-19(35)5-8-24(23)50-31(36)37;1-14-22-23(38)36(29(6-7-29)26(39)40)28(41)35(25(22)45-24(14)37-33-8-9-34-37)13-21(43-18-11-16-3-4-17(12-18)42-16)19-10-15(30)2-5-20(19)44-27(31)32/h5,8,11-13,20-22,25,31H,6-7,9-10,14-17H2,1-4H3;2,5,8-10,16-18,21,27H,3-4,6-7,11-13H2,1H3,(H,39,40)/t20-,21+,22?,25-;16-,17+,18?,21-/m00/s1. The maximum Gasteiger partial charge on any atom is 0.387 e. The highest BCUT2D eigenvalue weighted by atomic mass is 32.2. The van der Waals surface area contributed by atoms with Gasteiger partial charge in [-0.15, -0.1) is 9.59 Å². The molecule has 6 fully saturated rings. The molecule has 0 amide bonds. The number of rotatable bonds is 22. The van der Waals surface area contributed by atoms with E-state index in [-0.39, 0.29) is 99.7 Å². The van der Waals surface area contributed by atoms with Crippen molar-refractivity contribution in [1.29, 1.82) is 0 Å². The molecule has 2 saturated carbocycles. The molecule has 1 N–H and O–H groups in total. The molecule has 0 spiro atoms. The van der Waals surface area contributed by atoms with Gasteiger partial charge in [0.25, 0.3) is 11.1 Å². The van der Waals surface area contributed by atoms with E-state index in [4.69, 9.17) is 28.4 Å². The Morgan fingerprint density at radius 2 is 1.00 bits per heavy atom. The zero-order valence-electron chi connectivity index (χ0n) is 52.8. The second-order valence-corrected chi connectivity index (χ2v) is 31.0. The Morgan fingerprint density at radius 3 is 1.34 bits per heavy atom. The highest BCUT2D eigenvalue weighted by Gasteiger charge is 2.57. The van der Waals surface area contributed by atoms with Gasteiger partial charge < -0.3 is 33.5 Å². The van der Waals surface area contributed by atoms with E-state index in [1.807, 2.05) is 0 Å². The van der Waals surface area contributed by atoms with Crippen LogP contribution in [0.25, 0.3) is 30.4 Å². The minimum absolute atomic E-state index is 0.0456. The third-order valence-corrected chi connectivity index (χ3v) is 24.1. The average molecular weight is 1410 g/mol. The molecule has 6 aromatic heterocycles. The number of halogens is 6. The number of hydrogen-bond acceptors (Lipinski definition) is 20. The number of hydrogen-bond donors (Lipinski definition) is 1. The maximum atomic E-state index is 14.9. The molecular formula is C63H66F6N10O15S3. The first-order chi connectivity index (χ1) is 46.0. The van der Waals surface area contributed by atoms with Gasteiger partial charge >= 0.3 is 30.6 Å². The Morgan fingerprint density at radius 1 is 0.629 bits per heavy atom. The monoisotopic (exact) mass is 1410 g/mol. The molecule has 518 valence electrons. The molecule has 8 aromatic rings. The van der Waals surface area contributed by atoms with Crippen LogP contribution in [0.5, 0.6) is 11.5 Å². The van der Waals surface area contributed by atoms with E-state index >= 15 is 0 Å². The molecule has 2 aliphatic carbocycles.